The van der Waals surface area contributed by atoms with Gasteiger partial charge in [-0.1, -0.05) is 13.3 Å². The topological polar surface area (TPSA) is 44.8 Å². The molecular formula is C8H16O4. The molecule has 12 heavy (non-hydrogen) atoms. The Bertz CT molecular complexity index is 122. The highest BCUT2D eigenvalue weighted by atomic mass is 17.2. The van der Waals surface area contributed by atoms with Gasteiger partial charge in [0.25, 0.3) is 0 Å². The molecule has 0 saturated heterocycles. The van der Waals surface area contributed by atoms with Gasteiger partial charge in [-0.25, -0.2) is 4.79 Å². The Labute approximate surface area is 72.7 Å². The largest absolute Gasteiger partial charge is 0.540 e. The Morgan fingerprint density at radius 3 is 2.58 bits per heavy atom. The minimum Gasteiger partial charge on any atom is -0.432 e. The third-order valence-corrected chi connectivity index (χ3v) is 1.03. The van der Waals surface area contributed by atoms with Crippen LogP contribution in [0.1, 0.15) is 33.6 Å². The maximum absolute atomic E-state index is 10.7. The predicted molar refractivity (Wildman–Crippen MR) is 43.6 cm³/mol. The zero-order valence-electron chi connectivity index (χ0n) is 7.83. The molecule has 0 unspecified atom stereocenters. The van der Waals surface area contributed by atoms with E-state index in [-0.39, 0.29) is 6.10 Å². The van der Waals surface area contributed by atoms with Gasteiger partial charge >= 0.3 is 6.16 Å². The number of rotatable bonds is 5. The van der Waals surface area contributed by atoms with Gasteiger partial charge in [-0.05, 0) is 20.3 Å². The fourth-order valence-electron chi connectivity index (χ4n) is 0.459. The van der Waals surface area contributed by atoms with Crippen molar-refractivity contribution >= 4 is 6.16 Å². The van der Waals surface area contributed by atoms with Crippen LogP contribution in [0, 0.1) is 0 Å². The van der Waals surface area contributed by atoms with Crippen molar-refractivity contribution in [3.8, 4) is 0 Å². The van der Waals surface area contributed by atoms with E-state index < -0.39 is 6.16 Å². The lowest BCUT2D eigenvalue weighted by Gasteiger charge is -2.05. The van der Waals surface area contributed by atoms with E-state index in [2.05, 4.69) is 14.5 Å². The molecule has 0 amide bonds. The first-order valence-electron chi connectivity index (χ1n) is 4.17. The molecule has 0 aromatic carbocycles. The van der Waals surface area contributed by atoms with Gasteiger partial charge in [-0.2, -0.15) is 4.89 Å². The molecule has 0 aliphatic rings. The van der Waals surface area contributed by atoms with Crippen molar-refractivity contribution in [2.24, 2.45) is 0 Å². The van der Waals surface area contributed by atoms with Crippen molar-refractivity contribution in [3.05, 3.63) is 0 Å². The van der Waals surface area contributed by atoms with E-state index in [1.807, 2.05) is 6.92 Å². The van der Waals surface area contributed by atoms with Crippen LogP contribution in [0.3, 0.4) is 0 Å². The van der Waals surface area contributed by atoms with Crippen LogP contribution in [0.4, 0.5) is 4.79 Å². The molecule has 0 fully saturated rings. The average Bonchev–Trinajstić information content (AvgIpc) is 2.01. The second-order valence-electron chi connectivity index (χ2n) is 2.68. The molecule has 0 aliphatic carbocycles. The van der Waals surface area contributed by atoms with Crippen LogP contribution in [0.25, 0.3) is 0 Å². The van der Waals surface area contributed by atoms with Crippen LogP contribution in [-0.2, 0) is 14.5 Å². The quantitative estimate of drug-likeness (QED) is 0.279. The number of unbranched alkanes of at least 4 members (excludes halogenated alkanes) is 1. The van der Waals surface area contributed by atoms with Crippen LogP contribution in [-0.4, -0.2) is 18.9 Å². The van der Waals surface area contributed by atoms with E-state index in [9.17, 15) is 4.79 Å². The summed E-state index contributed by atoms with van der Waals surface area (Å²) in [5.41, 5.74) is 0. The van der Waals surface area contributed by atoms with Crippen molar-refractivity contribution in [1.29, 1.82) is 0 Å². The van der Waals surface area contributed by atoms with Gasteiger partial charge in [-0.15, -0.1) is 0 Å². The summed E-state index contributed by atoms with van der Waals surface area (Å²) >= 11 is 0. The van der Waals surface area contributed by atoms with Crippen molar-refractivity contribution < 1.29 is 19.3 Å². The molecule has 0 rings (SSSR count). The lowest BCUT2D eigenvalue weighted by molar-refractivity contribution is -0.278. The fourth-order valence-corrected chi connectivity index (χ4v) is 0.459. The maximum Gasteiger partial charge on any atom is 0.540 e. The summed E-state index contributed by atoms with van der Waals surface area (Å²) in [6.07, 6.45) is 0.927. The first kappa shape index (κ1) is 11.2. The van der Waals surface area contributed by atoms with E-state index in [1.54, 1.807) is 13.8 Å². The Morgan fingerprint density at radius 2 is 2.08 bits per heavy atom. The van der Waals surface area contributed by atoms with Crippen LogP contribution in [0.15, 0.2) is 0 Å². The minimum atomic E-state index is -0.767. The van der Waals surface area contributed by atoms with Crippen LogP contribution in [0.2, 0.25) is 0 Å². The Balaban J connectivity index is 3.22. The third-order valence-electron chi connectivity index (χ3n) is 1.03. The molecule has 0 atom stereocenters. The minimum absolute atomic E-state index is 0.135. The molecule has 0 N–H and O–H groups in total. The summed E-state index contributed by atoms with van der Waals surface area (Å²) < 4.78 is 4.65. The van der Waals surface area contributed by atoms with Crippen molar-refractivity contribution in [3.63, 3.8) is 0 Å². The average molecular weight is 176 g/mol. The number of hydrogen-bond acceptors (Lipinski definition) is 4. The second kappa shape index (κ2) is 6.91. The van der Waals surface area contributed by atoms with Gasteiger partial charge in [-0.3, -0.25) is 4.89 Å². The Hall–Kier alpha value is -0.770. The smallest absolute Gasteiger partial charge is 0.432 e. The van der Waals surface area contributed by atoms with Gasteiger partial charge in [0.1, 0.15) is 0 Å². The standard InChI is InChI=1S/C8H16O4/c1-4-5-6-10-8(9)12-11-7(2)3/h7H,4-6H2,1-3H3. The van der Waals surface area contributed by atoms with E-state index in [4.69, 9.17) is 0 Å². The second-order valence-corrected chi connectivity index (χ2v) is 2.68. The SMILES string of the molecule is CCCCOC(=O)OOC(C)C. The van der Waals surface area contributed by atoms with Crippen molar-refractivity contribution in [2.75, 3.05) is 6.61 Å². The third kappa shape index (κ3) is 7.34. The first-order chi connectivity index (χ1) is 5.66. The molecule has 0 aromatic heterocycles. The maximum atomic E-state index is 10.7. The summed E-state index contributed by atoms with van der Waals surface area (Å²) in [6.45, 7) is 5.93. The summed E-state index contributed by atoms with van der Waals surface area (Å²) in [7, 11) is 0. The van der Waals surface area contributed by atoms with Crippen molar-refractivity contribution in [1.82, 2.24) is 0 Å². The first-order valence-corrected chi connectivity index (χ1v) is 4.17. The normalized spacial score (nSPS) is 10.0. The van der Waals surface area contributed by atoms with E-state index in [0.29, 0.717) is 6.61 Å². The molecule has 0 radical (unpaired) electrons. The lowest BCUT2D eigenvalue weighted by atomic mass is 10.4. The summed E-state index contributed by atoms with van der Waals surface area (Å²) in [6, 6.07) is 0. The molecule has 0 spiro atoms. The monoisotopic (exact) mass is 176 g/mol. The van der Waals surface area contributed by atoms with E-state index >= 15 is 0 Å². The molecule has 0 heterocycles. The van der Waals surface area contributed by atoms with Crippen LogP contribution in [0.5, 0.6) is 0 Å². The fraction of sp³-hybridized carbons (Fsp3) is 0.875. The zero-order chi connectivity index (χ0) is 9.40. The highest BCUT2D eigenvalue weighted by molar-refractivity contribution is 5.58. The Morgan fingerprint density at radius 1 is 1.42 bits per heavy atom. The van der Waals surface area contributed by atoms with Gasteiger partial charge in [0.2, 0.25) is 0 Å². The molecule has 0 bridgehead atoms. The highest BCUT2D eigenvalue weighted by Crippen LogP contribution is 1.94. The number of ether oxygens (including phenoxy) is 1. The highest BCUT2D eigenvalue weighted by Gasteiger charge is 2.05. The molecule has 4 nitrogen and oxygen atoms in total. The molecule has 72 valence electrons. The predicted octanol–water partition coefficient (Wildman–Crippen LogP) is 2.28. The number of carbonyl (C=O) groups is 1. The molecule has 0 aliphatic heterocycles. The van der Waals surface area contributed by atoms with E-state index in [1.165, 1.54) is 0 Å². The summed E-state index contributed by atoms with van der Waals surface area (Å²) in [4.78, 5) is 19.5. The van der Waals surface area contributed by atoms with Crippen molar-refractivity contribution in [2.45, 2.75) is 39.7 Å². The van der Waals surface area contributed by atoms with E-state index in [0.717, 1.165) is 12.8 Å². The summed E-state index contributed by atoms with van der Waals surface area (Å²) in [5.74, 6) is 0. The Kier molecular flexibility index (Phi) is 6.47. The lowest BCUT2D eigenvalue weighted by Crippen LogP contribution is -2.12. The van der Waals surface area contributed by atoms with Gasteiger partial charge in [0, 0.05) is 0 Å². The summed E-state index contributed by atoms with van der Waals surface area (Å²) in [5, 5.41) is 0. The molecule has 0 aromatic rings. The van der Waals surface area contributed by atoms with Gasteiger partial charge in [0.15, 0.2) is 0 Å². The number of carbonyl (C=O) groups excluding carboxylic acids is 1. The van der Waals surface area contributed by atoms with Gasteiger partial charge in [0.05, 0.1) is 12.7 Å². The molecular weight excluding hydrogens is 160 g/mol. The molecule has 4 heteroatoms. The number of hydrogen-bond donors (Lipinski definition) is 0. The zero-order valence-corrected chi connectivity index (χ0v) is 7.83. The van der Waals surface area contributed by atoms with Crippen LogP contribution < -0.4 is 0 Å². The van der Waals surface area contributed by atoms with Crippen LogP contribution >= 0.6 is 0 Å². The molecule has 0 saturated carbocycles. The van der Waals surface area contributed by atoms with Gasteiger partial charge < -0.3 is 4.74 Å².